The number of fused-ring (bicyclic) bond motifs is 1. The topological polar surface area (TPSA) is 131 Å². The van der Waals surface area contributed by atoms with Crippen molar-refractivity contribution in [2.45, 2.75) is 6.92 Å². The number of carbonyl (C=O) groups excluding carboxylic acids is 1. The van der Waals surface area contributed by atoms with Crippen LogP contribution in [-0.4, -0.2) is 52.9 Å². The first-order chi connectivity index (χ1) is 20.6. The van der Waals surface area contributed by atoms with E-state index in [1.807, 2.05) is 50.2 Å². The lowest BCUT2D eigenvalue weighted by atomic mass is 10.0. The van der Waals surface area contributed by atoms with Crippen molar-refractivity contribution in [2.75, 3.05) is 38.0 Å². The summed E-state index contributed by atoms with van der Waals surface area (Å²) >= 11 is 0. The van der Waals surface area contributed by atoms with Gasteiger partial charge in [-0.15, -0.1) is 0 Å². The fourth-order valence-corrected chi connectivity index (χ4v) is 4.75. The summed E-state index contributed by atoms with van der Waals surface area (Å²) in [7, 11) is 7.01. The van der Waals surface area contributed by atoms with Crippen molar-refractivity contribution in [1.82, 2.24) is 19.4 Å². The van der Waals surface area contributed by atoms with Crippen LogP contribution in [0.4, 0.5) is 17.2 Å². The monoisotopic (exact) mass is 580 g/mol. The second kappa shape index (κ2) is 11.7. The van der Waals surface area contributed by atoms with E-state index in [0.717, 1.165) is 11.1 Å². The number of pyridine rings is 3. The third kappa shape index (κ3) is 5.78. The summed E-state index contributed by atoms with van der Waals surface area (Å²) in [6, 6.07) is 15.9. The van der Waals surface area contributed by atoms with E-state index in [9.17, 15) is 19.5 Å². The molecule has 43 heavy (non-hydrogen) atoms. The Kier molecular flexibility index (Phi) is 7.89. The van der Waals surface area contributed by atoms with Crippen molar-refractivity contribution in [3.8, 4) is 28.3 Å². The van der Waals surface area contributed by atoms with Gasteiger partial charge in [0.1, 0.15) is 23.0 Å². The number of ether oxygens (including phenoxy) is 1. The van der Waals surface area contributed by atoms with Gasteiger partial charge in [-0.25, -0.2) is 4.98 Å². The minimum atomic E-state index is -0.305. The summed E-state index contributed by atoms with van der Waals surface area (Å²) in [5.41, 5.74) is 2.71. The molecule has 11 heteroatoms. The molecule has 0 bridgehead atoms. The van der Waals surface area contributed by atoms with Crippen LogP contribution in [-0.2, 0) is 11.8 Å². The predicted octanol–water partition coefficient (Wildman–Crippen LogP) is 3.70. The lowest BCUT2D eigenvalue weighted by Gasteiger charge is -2.17. The number of rotatable bonds is 8. The molecule has 3 N–H and O–H groups in total. The molecule has 5 rings (SSSR count). The first kappa shape index (κ1) is 28.9. The highest BCUT2D eigenvalue weighted by molar-refractivity contribution is 5.86. The molecule has 0 unspecified atom stereocenters. The van der Waals surface area contributed by atoms with Crippen molar-refractivity contribution in [3.63, 3.8) is 0 Å². The number of benzene rings is 2. The van der Waals surface area contributed by atoms with Gasteiger partial charge in [0, 0.05) is 62.8 Å². The van der Waals surface area contributed by atoms with Crippen molar-refractivity contribution in [3.05, 3.63) is 99.5 Å². The number of phenolic OH excluding ortho intramolecular Hbond substituents is 1. The van der Waals surface area contributed by atoms with Gasteiger partial charge in [0.15, 0.2) is 6.61 Å². The summed E-state index contributed by atoms with van der Waals surface area (Å²) in [5, 5.41) is 18.4. The second-order valence-electron chi connectivity index (χ2n) is 10.3. The van der Waals surface area contributed by atoms with Crippen molar-refractivity contribution in [2.24, 2.45) is 7.05 Å². The van der Waals surface area contributed by atoms with Gasteiger partial charge in [-0.05, 0) is 60.3 Å². The number of nitrogens with one attached hydrogen (secondary N) is 2. The van der Waals surface area contributed by atoms with Gasteiger partial charge >= 0.3 is 0 Å². The summed E-state index contributed by atoms with van der Waals surface area (Å²) in [6.45, 7) is 1.68. The molecule has 0 aliphatic carbocycles. The third-order valence-electron chi connectivity index (χ3n) is 7.14. The molecule has 0 saturated heterocycles. The SMILES string of the molecule is CNC(=O)COc1ccc(Nc2cc(-c3ccc(C)c(-n4ccc5cc(N(C)C)ccc5c4=O)c3O)cn(C)c2=O)nc1. The number of phenols is 1. The lowest BCUT2D eigenvalue weighted by molar-refractivity contribution is -0.122. The maximum Gasteiger partial charge on any atom is 0.274 e. The molecule has 0 radical (unpaired) electrons. The number of hydrogen-bond acceptors (Lipinski definition) is 8. The molecule has 0 fully saturated rings. The average Bonchev–Trinajstić information content (AvgIpc) is 2.99. The van der Waals surface area contributed by atoms with Crippen LogP contribution in [0.5, 0.6) is 11.5 Å². The quantitative estimate of drug-likeness (QED) is 0.253. The molecule has 0 atom stereocenters. The fraction of sp³-hybridized carbons (Fsp3) is 0.188. The molecule has 0 aliphatic rings. The normalized spacial score (nSPS) is 10.9. The summed E-state index contributed by atoms with van der Waals surface area (Å²) in [6.07, 6.45) is 4.73. The van der Waals surface area contributed by atoms with E-state index in [2.05, 4.69) is 15.6 Å². The zero-order chi connectivity index (χ0) is 30.8. The molecule has 220 valence electrons. The number of aromatic hydroxyl groups is 1. The van der Waals surface area contributed by atoms with Crippen LogP contribution in [0.2, 0.25) is 0 Å². The fourth-order valence-electron chi connectivity index (χ4n) is 4.75. The number of hydrogen-bond donors (Lipinski definition) is 3. The third-order valence-corrected chi connectivity index (χ3v) is 7.14. The number of carbonyl (C=O) groups is 1. The van der Waals surface area contributed by atoms with E-state index >= 15 is 0 Å². The van der Waals surface area contributed by atoms with Crippen LogP contribution in [0.25, 0.3) is 27.6 Å². The van der Waals surface area contributed by atoms with Crippen LogP contribution >= 0.6 is 0 Å². The van der Waals surface area contributed by atoms with E-state index in [0.29, 0.717) is 39.3 Å². The first-order valence-corrected chi connectivity index (χ1v) is 13.5. The van der Waals surface area contributed by atoms with Gasteiger partial charge in [-0.2, -0.15) is 0 Å². The number of nitrogens with zero attached hydrogens (tertiary/aromatic N) is 4. The van der Waals surface area contributed by atoms with E-state index in [1.165, 1.54) is 22.4 Å². The van der Waals surface area contributed by atoms with Gasteiger partial charge in [0.05, 0.1) is 11.9 Å². The zero-order valence-corrected chi connectivity index (χ0v) is 24.5. The molecule has 5 aromatic rings. The number of likely N-dealkylation sites (N-methyl/N-ethyl adjacent to an activating group) is 1. The zero-order valence-electron chi connectivity index (χ0n) is 24.5. The maximum absolute atomic E-state index is 13.6. The average molecular weight is 581 g/mol. The van der Waals surface area contributed by atoms with Crippen molar-refractivity contribution >= 4 is 33.9 Å². The Morgan fingerprint density at radius 3 is 2.53 bits per heavy atom. The summed E-state index contributed by atoms with van der Waals surface area (Å²) in [4.78, 5) is 44.2. The van der Waals surface area contributed by atoms with Gasteiger partial charge in [-0.3, -0.25) is 19.0 Å². The lowest BCUT2D eigenvalue weighted by Crippen LogP contribution is -2.24. The minimum Gasteiger partial charge on any atom is -0.505 e. The molecule has 2 aromatic carbocycles. The summed E-state index contributed by atoms with van der Waals surface area (Å²) in [5.74, 6) is 0.423. The molecule has 0 saturated carbocycles. The Bertz CT molecular complexity index is 1960. The Hall–Kier alpha value is -5.58. The Morgan fingerprint density at radius 1 is 1.05 bits per heavy atom. The Balaban J connectivity index is 1.51. The highest BCUT2D eigenvalue weighted by atomic mass is 16.5. The van der Waals surface area contributed by atoms with Crippen LogP contribution < -0.4 is 31.4 Å². The van der Waals surface area contributed by atoms with Crippen LogP contribution in [0.3, 0.4) is 0 Å². The van der Waals surface area contributed by atoms with Gasteiger partial charge < -0.3 is 29.9 Å². The molecule has 0 spiro atoms. The molecule has 0 aliphatic heterocycles. The van der Waals surface area contributed by atoms with Crippen molar-refractivity contribution < 1.29 is 14.6 Å². The van der Waals surface area contributed by atoms with Gasteiger partial charge in [0.2, 0.25) is 0 Å². The standard InChI is InChI=1S/C32H32N6O5/c1-19-6-9-24(30(40)29(19)38-13-12-20-14-22(36(3)4)7-10-25(20)31(38)41)21-15-26(32(42)37(5)17-21)35-27-11-8-23(16-34-27)43-18-28(39)33-2/h6-17,40H,18H2,1-5H3,(H,33,39)(H,34,35). The Labute approximate surface area is 247 Å². The Morgan fingerprint density at radius 2 is 1.84 bits per heavy atom. The van der Waals surface area contributed by atoms with Crippen LogP contribution in [0.15, 0.2) is 82.8 Å². The number of aryl methyl sites for hydroxylation is 2. The molecular formula is C32H32N6O5. The van der Waals surface area contributed by atoms with Gasteiger partial charge in [0.25, 0.3) is 17.0 Å². The van der Waals surface area contributed by atoms with E-state index < -0.39 is 0 Å². The van der Waals surface area contributed by atoms with Crippen LogP contribution in [0.1, 0.15) is 5.56 Å². The highest BCUT2D eigenvalue weighted by Crippen LogP contribution is 2.37. The largest absolute Gasteiger partial charge is 0.505 e. The van der Waals surface area contributed by atoms with E-state index in [-0.39, 0.29) is 35.1 Å². The first-order valence-electron chi connectivity index (χ1n) is 13.5. The molecule has 3 heterocycles. The number of aromatic nitrogens is 3. The molecule has 3 aromatic heterocycles. The maximum atomic E-state index is 13.6. The van der Waals surface area contributed by atoms with Crippen LogP contribution in [0, 0.1) is 6.92 Å². The summed E-state index contributed by atoms with van der Waals surface area (Å²) < 4.78 is 8.23. The van der Waals surface area contributed by atoms with E-state index in [4.69, 9.17) is 4.74 Å². The van der Waals surface area contributed by atoms with Gasteiger partial charge in [-0.1, -0.05) is 12.1 Å². The molecular weight excluding hydrogens is 548 g/mol. The number of anilines is 3. The van der Waals surface area contributed by atoms with E-state index in [1.54, 1.807) is 49.8 Å². The smallest absolute Gasteiger partial charge is 0.274 e. The van der Waals surface area contributed by atoms with Crippen molar-refractivity contribution in [1.29, 1.82) is 0 Å². The molecule has 11 nitrogen and oxygen atoms in total. The molecule has 1 amide bonds. The minimum absolute atomic E-state index is 0.0910. The highest BCUT2D eigenvalue weighted by Gasteiger charge is 2.18. The predicted molar refractivity (Wildman–Crippen MR) is 168 cm³/mol. The number of amides is 1. The second-order valence-corrected chi connectivity index (χ2v) is 10.3.